The second-order valence-corrected chi connectivity index (χ2v) is 6.31. The summed E-state index contributed by atoms with van der Waals surface area (Å²) in [6.45, 7) is 4.89. The number of fused-ring (bicyclic) bond motifs is 1. The largest absolute Gasteiger partial charge is 0.372 e. The van der Waals surface area contributed by atoms with Crippen LogP contribution in [-0.2, 0) is 30.2 Å². The number of morpholine rings is 1. The van der Waals surface area contributed by atoms with E-state index in [1.54, 1.807) is 11.9 Å². The lowest BCUT2D eigenvalue weighted by Gasteiger charge is -2.35. The van der Waals surface area contributed by atoms with Crippen LogP contribution >= 0.6 is 0 Å². The van der Waals surface area contributed by atoms with Crippen molar-refractivity contribution >= 4 is 17.1 Å². The van der Waals surface area contributed by atoms with Gasteiger partial charge in [0, 0.05) is 27.2 Å². The fourth-order valence-corrected chi connectivity index (χ4v) is 3.14. The topological polar surface area (TPSA) is 91.4 Å². The van der Waals surface area contributed by atoms with Crippen molar-refractivity contribution in [2.75, 3.05) is 13.1 Å². The van der Waals surface area contributed by atoms with E-state index in [0.717, 1.165) is 4.57 Å². The Labute approximate surface area is 138 Å². The van der Waals surface area contributed by atoms with Crippen LogP contribution < -0.4 is 11.2 Å². The minimum absolute atomic E-state index is 0.00336. The summed E-state index contributed by atoms with van der Waals surface area (Å²) in [4.78, 5) is 42.8. The third-order valence-electron chi connectivity index (χ3n) is 4.30. The van der Waals surface area contributed by atoms with Gasteiger partial charge >= 0.3 is 5.69 Å². The molecule has 3 rings (SSSR count). The van der Waals surface area contributed by atoms with Gasteiger partial charge in [-0.2, -0.15) is 0 Å². The molecule has 1 aliphatic rings. The summed E-state index contributed by atoms with van der Waals surface area (Å²) >= 11 is 0. The summed E-state index contributed by atoms with van der Waals surface area (Å²) < 4.78 is 9.46. The highest BCUT2D eigenvalue weighted by molar-refractivity contribution is 5.79. The molecule has 130 valence electrons. The Balaban J connectivity index is 1.95. The van der Waals surface area contributed by atoms with E-state index < -0.39 is 11.2 Å². The number of aromatic nitrogens is 4. The molecule has 0 saturated carbocycles. The molecule has 0 bridgehead atoms. The van der Waals surface area contributed by atoms with Gasteiger partial charge in [-0.1, -0.05) is 0 Å². The second-order valence-electron chi connectivity index (χ2n) is 6.31. The maximum Gasteiger partial charge on any atom is 0.332 e. The van der Waals surface area contributed by atoms with Crippen molar-refractivity contribution in [3.63, 3.8) is 0 Å². The van der Waals surface area contributed by atoms with E-state index >= 15 is 0 Å². The highest BCUT2D eigenvalue weighted by Crippen LogP contribution is 2.12. The number of hydrogen-bond acceptors (Lipinski definition) is 5. The van der Waals surface area contributed by atoms with Crippen LogP contribution in [0.3, 0.4) is 0 Å². The molecule has 0 radical (unpaired) electrons. The van der Waals surface area contributed by atoms with Crippen LogP contribution in [-0.4, -0.2) is 54.8 Å². The molecule has 3 heterocycles. The maximum atomic E-state index is 12.6. The molecule has 1 aliphatic heterocycles. The van der Waals surface area contributed by atoms with Crippen molar-refractivity contribution in [1.82, 2.24) is 23.6 Å². The lowest BCUT2D eigenvalue weighted by molar-refractivity contribution is -0.143. The molecule has 9 nitrogen and oxygen atoms in total. The van der Waals surface area contributed by atoms with Gasteiger partial charge in [-0.25, -0.2) is 9.78 Å². The number of imidazole rings is 1. The summed E-state index contributed by atoms with van der Waals surface area (Å²) in [5.74, 6) is -0.104. The number of carbonyl (C=O) groups is 1. The first-order valence-corrected chi connectivity index (χ1v) is 7.83. The molecule has 1 saturated heterocycles. The molecular weight excluding hydrogens is 314 g/mol. The first-order valence-electron chi connectivity index (χ1n) is 7.83. The Bertz CT molecular complexity index is 899. The second kappa shape index (κ2) is 5.90. The predicted octanol–water partition coefficient (Wildman–Crippen LogP) is -0.930. The first-order chi connectivity index (χ1) is 11.3. The van der Waals surface area contributed by atoms with Gasteiger partial charge < -0.3 is 14.2 Å². The Kier molecular flexibility index (Phi) is 4.04. The van der Waals surface area contributed by atoms with E-state index in [9.17, 15) is 14.4 Å². The van der Waals surface area contributed by atoms with Crippen molar-refractivity contribution < 1.29 is 9.53 Å². The summed E-state index contributed by atoms with van der Waals surface area (Å²) in [5, 5.41) is 0. The summed E-state index contributed by atoms with van der Waals surface area (Å²) in [5.41, 5.74) is -0.371. The van der Waals surface area contributed by atoms with Crippen LogP contribution in [0, 0.1) is 0 Å². The van der Waals surface area contributed by atoms with Crippen LogP contribution in [0.5, 0.6) is 0 Å². The lowest BCUT2D eigenvalue weighted by atomic mass is 10.2. The van der Waals surface area contributed by atoms with Gasteiger partial charge in [0.15, 0.2) is 11.2 Å². The summed E-state index contributed by atoms with van der Waals surface area (Å²) in [6.07, 6.45) is 1.38. The maximum absolute atomic E-state index is 12.6. The zero-order valence-electron chi connectivity index (χ0n) is 14.2. The van der Waals surface area contributed by atoms with Crippen LogP contribution in [0.25, 0.3) is 11.2 Å². The molecule has 2 aromatic rings. The van der Waals surface area contributed by atoms with E-state index in [1.165, 1.54) is 22.5 Å². The first kappa shape index (κ1) is 16.4. The Hall–Kier alpha value is -2.42. The molecule has 2 aromatic heterocycles. The number of carbonyl (C=O) groups excluding carboxylic acids is 1. The van der Waals surface area contributed by atoms with Crippen molar-refractivity contribution in [1.29, 1.82) is 0 Å². The zero-order valence-corrected chi connectivity index (χ0v) is 14.2. The van der Waals surface area contributed by atoms with Crippen LogP contribution in [0.1, 0.15) is 13.8 Å². The normalized spacial score (nSPS) is 21.4. The van der Waals surface area contributed by atoms with Crippen molar-refractivity contribution in [3.8, 4) is 0 Å². The van der Waals surface area contributed by atoms with Crippen molar-refractivity contribution in [2.45, 2.75) is 32.6 Å². The van der Waals surface area contributed by atoms with Crippen LogP contribution in [0.2, 0.25) is 0 Å². The SMILES string of the molecule is C[C@@H]1CN(C(=O)Cn2cnc3c2c(=O)n(C)c(=O)n3C)C[C@@H](C)O1. The fourth-order valence-electron chi connectivity index (χ4n) is 3.14. The molecule has 0 unspecified atom stereocenters. The van der Waals surface area contributed by atoms with Crippen LogP contribution in [0.4, 0.5) is 0 Å². The molecule has 0 spiro atoms. The highest BCUT2D eigenvalue weighted by Gasteiger charge is 2.26. The molecule has 1 fully saturated rings. The predicted molar refractivity (Wildman–Crippen MR) is 86.8 cm³/mol. The number of aryl methyl sites for hydroxylation is 1. The molecule has 0 aromatic carbocycles. The summed E-state index contributed by atoms with van der Waals surface area (Å²) in [7, 11) is 2.96. The van der Waals surface area contributed by atoms with E-state index in [-0.39, 0.29) is 35.8 Å². The van der Waals surface area contributed by atoms with Gasteiger partial charge in [-0.3, -0.25) is 18.7 Å². The number of rotatable bonds is 2. The summed E-state index contributed by atoms with van der Waals surface area (Å²) in [6, 6.07) is 0. The number of amides is 1. The lowest BCUT2D eigenvalue weighted by Crippen LogP contribution is -2.49. The Morgan fingerprint density at radius 1 is 1.21 bits per heavy atom. The molecule has 9 heteroatoms. The van der Waals surface area contributed by atoms with Gasteiger partial charge in [-0.05, 0) is 13.8 Å². The van der Waals surface area contributed by atoms with E-state index in [4.69, 9.17) is 4.74 Å². The molecule has 0 aliphatic carbocycles. The van der Waals surface area contributed by atoms with Gasteiger partial charge in [0.1, 0.15) is 6.54 Å². The molecule has 2 atom stereocenters. The Morgan fingerprint density at radius 2 is 1.83 bits per heavy atom. The van der Waals surface area contributed by atoms with Gasteiger partial charge in [-0.15, -0.1) is 0 Å². The van der Waals surface area contributed by atoms with E-state index in [1.807, 2.05) is 13.8 Å². The fraction of sp³-hybridized carbons (Fsp3) is 0.600. The smallest absolute Gasteiger partial charge is 0.332 e. The third kappa shape index (κ3) is 2.64. The molecular formula is C15H21N5O4. The minimum atomic E-state index is -0.456. The average molecular weight is 335 g/mol. The molecule has 0 N–H and O–H groups in total. The van der Waals surface area contributed by atoms with Crippen LogP contribution in [0.15, 0.2) is 15.9 Å². The van der Waals surface area contributed by atoms with E-state index in [2.05, 4.69) is 4.98 Å². The number of ether oxygens (including phenoxy) is 1. The highest BCUT2D eigenvalue weighted by atomic mass is 16.5. The third-order valence-corrected chi connectivity index (χ3v) is 4.30. The zero-order chi connectivity index (χ0) is 17.6. The minimum Gasteiger partial charge on any atom is -0.372 e. The Morgan fingerprint density at radius 3 is 2.46 bits per heavy atom. The van der Waals surface area contributed by atoms with Crippen molar-refractivity contribution in [3.05, 3.63) is 27.2 Å². The quantitative estimate of drug-likeness (QED) is 0.707. The average Bonchev–Trinajstić information content (AvgIpc) is 2.93. The molecule has 24 heavy (non-hydrogen) atoms. The standard InChI is InChI=1S/C15H21N5O4/c1-9-5-19(6-10(2)24-9)11(21)7-20-8-16-13-12(20)14(22)18(4)15(23)17(13)3/h8-10H,5-7H2,1-4H3/t9-,10-/m1/s1. The number of nitrogens with zero attached hydrogens (tertiary/aromatic N) is 5. The van der Waals surface area contributed by atoms with Gasteiger partial charge in [0.05, 0.1) is 18.5 Å². The molecule has 1 amide bonds. The van der Waals surface area contributed by atoms with Gasteiger partial charge in [0.25, 0.3) is 5.56 Å². The van der Waals surface area contributed by atoms with Gasteiger partial charge in [0.2, 0.25) is 5.91 Å². The van der Waals surface area contributed by atoms with E-state index in [0.29, 0.717) is 13.1 Å². The number of hydrogen-bond donors (Lipinski definition) is 0. The monoisotopic (exact) mass is 335 g/mol. The van der Waals surface area contributed by atoms with Crippen molar-refractivity contribution in [2.24, 2.45) is 14.1 Å².